The van der Waals surface area contributed by atoms with E-state index >= 15 is 0 Å². The first kappa shape index (κ1) is 20.9. The summed E-state index contributed by atoms with van der Waals surface area (Å²) < 4.78 is 17.8. The lowest BCUT2D eigenvalue weighted by atomic mass is 9.44. The minimum atomic E-state index is -0.369. The Hall–Kier alpha value is -1.66. The van der Waals surface area contributed by atoms with E-state index in [1.54, 1.807) is 6.26 Å². The van der Waals surface area contributed by atoms with Crippen LogP contribution in [0.4, 0.5) is 0 Å². The lowest BCUT2D eigenvalue weighted by Crippen LogP contribution is -2.58. The number of ether oxygens (including phenoxy) is 2. The molecule has 0 aromatic carbocycles. The van der Waals surface area contributed by atoms with Crippen molar-refractivity contribution in [1.29, 1.82) is 0 Å². The highest BCUT2D eigenvalue weighted by atomic mass is 16.7. The number of epoxide rings is 1. The van der Waals surface area contributed by atoms with E-state index in [0.29, 0.717) is 17.8 Å². The zero-order valence-corrected chi connectivity index (χ0v) is 19.2. The Kier molecular flexibility index (Phi) is 4.37. The highest BCUT2D eigenvalue weighted by Gasteiger charge is 2.84. The fourth-order valence-corrected chi connectivity index (χ4v) is 9.10. The summed E-state index contributed by atoms with van der Waals surface area (Å²) in [6, 6.07) is 3.30. The fourth-order valence-electron chi connectivity index (χ4n) is 9.10. The van der Waals surface area contributed by atoms with Gasteiger partial charge in [0.1, 0.15) is 17.8 Å². The molecule has 0 radical (unpaired) electrons. The van der Waals surface area contributed by atoms with E-state index in [1.807, 2.05) is 6.07 Å². The first-order valence-electron chi connectivity index (χ1n) is 12.3. The van der Waals surface area contributed by atoms with Crippen LogP contribution in [-0.2, 0) is 14.3 Å². The zero-order valence-electron chi connectivity index (χ0n) is 19.2. The van der Waals surface area contributed by atoms with Gasteiger partial charge < -0.3 is 19.0 Å². The van der Waals surface area contributed by atoms with Crippen molar-refractivity contribution in [3.63, 3.8) is 0 Å². The Balaban J connectivity index is 1.41. The second-order valence-electron chi connectivity index (χ2n) is 11.6. The molecule has 10 atom stereocenters. The van der Waals surface area contributed by atoms with Crippen LogP contribution in [0.1, 0.15) is 77.2 Å². The average molecular weight is 443 g/mol. The van der Waals surface area contributed by atoms with Crippen molar-refractivity contribution >= 4 is 5.97 Å². The van der Waals surface area contributed by atoms with Gasteiger partial charge in [0, 0.05) is 24.3 Å². The molecule has 1 aromatic heterocycles. The van der Waals surface area contributed by atoms with Crippen LogP contribution in [-0.4, -0.2) is 35.0 Å². The van der Waals surface area contributed by atoms with Gasteiger partial charge in [-0.25, -0.2) is 4.79 Å². The van der Waals surface area contributed by atoms with Gasteiger partial charge in [-0.15, -0.1) is 0 Å². The van der Waals surface area contributed by atoms with Crippen LogP contribution >= 0.6 is 0 Å². The van der Waals surface area contributed by atoms with Gasteiger partial charge in [-0.1, -0.05) is 13.8 Å². The van der Waals surface area contributed by atoms with Crippen LogP contribution in [0.25, 0.3) is 0 Å². The molecule has 2 heterocycles. The molecule has 1 N–H and O–H groups in total. The molecular formula is C26H34O6. The SMILES string of the molecule is CC(=O)O[C@H]1[C@@H](c2ccc(=O)oc2)[C@@]2(C)CC[C@@H]3[C@H](CC[C@H]4C[C@@H](O)CC[C@@]43C)[C@]23O[C@@H]13. The molecule has 1 saturated heterocycles. The third-order valence-corrected chi connectivity index (χ3v) is 10.5. The second kappa shape index (κ2) is 6.69. The molecule has 5 aliphatic rings. The number of esters is 1. The van der Waals surface area contributed by atoms with Crippen molar-refractivity contribution < 1.29 is 23.8 Å². The molecule has 0 bridgehead atoms. The minimum absolute atomic E-state index is 0.0471. The lowest BCUT2D eigenvalue weighted by molar-refractivity contribution is -0.158. The van der Waals surface area contributed by atoms with Gasteiger partial charge in [-0.05, 0) is 79.7 Å². The Labute approximate surface area is 188 Å². The molecule has 1 spiro atoms. The normalized spacial score (nSPS) is 51.1. The molecule has 1 aliphatic heterocycles. The average Bonchev–Trinajstić information content (AvgIpc) is 3.44. The van der Waals surface area contributed by atoms with Crippen LogP contribution in [0.3, 0.4) is 0 Å². The van der Waals surface area contributed by atoms with Crippen molar-refractivity contribution in [3.05, 3.63) is 34.4 Å². The van der Waals surface area contributed by atoms with E-state index in [1.165, 1.54) is 13.0 Å². The molecule has 32 heavy (non-hydrogen) atoms. The van der Waals surface area contributed by atoms with Gasteiger partial charge in [0.15, 0.2) is 0 Å². The predicted octanol–water partition coefficient (Wildman–Crippen LogP) is 3.80. The van der Waals surface area contributed by atoms with Gasteiger partial charge in [0.25, 0.3) is 0 Å². The highest BCUT2D eigenvalue weighted by Crippen LogP contribution is 2.78. The number of fused-ring (bicyclic) bond motifs is 3. The molecule has 6 rings (SSSR count). The summed E-state index contributed by atoms with van der Waals surface area (Å²) in [4.78, 5) is 23.7. The Morgan fingerprint density at radius 3 is 2.66 bits per heavy atom. The molecule has 6 nitrogen and oxygen atoms in total. The van der Waals surface area contributed by atoms with E-state index in [9.17, 15) is 14.7 Å². The summed E-state index contributed by atoms with van der Waals surface area (Å²) in [6.07, 6.45) is 8.20. The smallest absolute Gasteiger partial charge is 0.335 e. The van der Waals surface area contributed by atoms with Crippen molar-refractivity contribution in [3.8, 4) is 0 Å². The summed E-state index contributed by atoms with van der Waals surface area (Å²) >= 11 is 0. The third kappa shape index (κ3) is 2.54. The molecule has 1 aromatic rings. The van der Waals surface area contributed by atoms with E-state index in [4.69, 9.17) is 13.9 Å². The summed E-state index contributed by atoms with van der Waals surface area (Å²) in [5.74, 6) is 1.24. The molecule has 4 saturated carbocycles. The quantitative estimate of drug-likeness (QED) is 0.554. The summed E-state index contributed by atoms with van der Waals surface area (Å²) in [5, 5.41) is 10.3. The van der Waals surface area contributed by atoms with E-state index in [0.717, 1.165) is 50.5 Å². The first-order valence-corrected chi connectivity index (χ1v) is 12.3. The van der Waals surface area contributed by atoms with Gasteiger partial charge in [0.05, 0.1) is 12.4 Å². The summed E-state index contributed by atoms with van der Waals surface area (Å²) in [7, 11) is 0. The van der Waals surface area contributed by atoms with Crippen molar-refractivity contribution in [2.75, 3.05) is 0 Å². The van der Waals surface area contributed by atoms with E-state index in [2.05, 4.69) is 13.8 Å². The van der Waals surface area contributed by atoms with Gasteiger partial charge in [-0.2, -0.15) is 0 Å². The Morgan fingerprint density at radius 1 is 1.12 bits per heavy atom. The standard InChI is InChI=1S/C26H34O6/c1-14(27)31-22-21(15-4-7-20(29)30-13-15)25(3)11-9-18-19(26(25)23(22)32-26)6-5-16-12-17(28)8-10-24(16,18)2/h4,7,13,16-19,21-23,28H,5-6,8-12H2,1-3H3/t16-,17-,18+,19-,21+,22-,23-,24-,25+,26+/m0/s1. The van der Waals surface area contributed by atoms with Crippen LogP contribution in [0, 0.1) is 28.6 Å². The molecular weight excluding hydrogens is 408 g/mol. The molecule has 174 valence electrons. The first-order chi connectivity index (χ1) is 15.2. The molecule has 5 fully saturated rings. The number of hydrogen-bond donors (Lipinski definition) is 1. The molecule has 0 amide bonds. The number of rotatable bonds is 2. The molecule has 0 unspecified atom stereocenters. The minimum Gasteiger partial charge on any atom is -0.459 e. The van der Waals surface area contributed by atoms with Crippen LogP contribution in [0.15, 0.2) is 27.6 Å². The number of aliphatic hydroxyl groups is 1. The van der Waals surface area contributed by atoms with Crippen LogP contribution in [0.2, 0.25) is 0 Å². The number of aliphatic hydroxyl groups excluding tert-OH is 1. The number of carbonyl (C=O) groups is 1. The maximum Gasteiger partial charge on any atom is 0.335 e. The van der Waals surface area contributed by atoms with E-state index in [-0.39, 0.29) is 52.3 Å². The lowest BCUT2D eigenvalue weighted by Gasteiger charge is -2.61. The topological polar surface area (TPSA) is 89.3 Å². The Morgan fingerprint density at radius 2 is 1.94 bits per heavy atom. The van der Waals surface area contributed by atoms with Crippen LogP contribution in [0.5, 0.6) is 0 Å². The number of hydrogen-bond acceptors (Lipinski definition) is 6. The van der Waals surface area contributed by atoms with Crippen molar-refractivity contribution in [1.82, 2.24) is 0 Å². The largest absolute Gasteiger partial charge is 0.459 e. The third-order valence-electron chi connectivity index (χ3n) is 10.5. The molecule has 6 heteroatoms. The van der Waals surface area contributed by atoms with Crippen molar-refractivity contribution in [2.45, 2.75) is 95.5 Å². The maximum absolute atomic E-state index is 12.1. The molecule has 4 aliphatic carbocycles. The highest BCUT2D eigenvalue weighted by molar-refractivity contribution is 5.66. The number of carbonyl (C=O) groups excluding carboxylic acids is 1. The zero-order chi connectivity index (χ0) is 22.5. The van der Waals surface area contributed by atoms with Gasteiger partial charge in [0.2, 0.25) is 0 Å². The summed E-state index contributed by atoms with van der Waals surface area (Å²) in [5.41, 5.74) is 0.319. The van der Waals surface area contributed by atoms with Crippen LogP contribution < -0.4 is 5.63 Å². The fraction of sp³-hybridized carbons (Fsp3) is 0.769. The van der Waals surface area contributed by atoms with Gasteiger partial charge >= 0.3 is 11.6 Å². The second-order valence-corrected chi connectivity index (χ2v) is 11.6. The predicted molar refractivity (Wildman–Crippen MR) is 116 cm³/mol. The Bertz CT molecular complexity index is 982. The van der Waals surface area contributed by atoms with E-state index < -0.39 is 0 Å². The summed E-state index contributed by atoms with van der Waals surface area (Å²) in [6.45, 7) is 6.23. The monoisotopic (exact) mass is 442 g/mol. The maximum atomic E-state index is 12.1. The van der Waals surface area contributed by atoms with Gasteiger partial charge in [-0.3, -0.25) is 4.79 Å². The van der Waals surface area contributed by atoms with Crippen molar-refractivity contribution in [2.24, 2.45) is 28.6 Å².